The molecule has 3 aromatic carbocycles. The van der Waals surface area contributed by atoms with Crippen LogP contribution in [0.4, 0.5) is 5.69 Å². The maximum absolute atomic E-state index is 12.1. The molecule has 3 aromatic rings. The Kier molecular flexibility index (Phi) is 6.45. The second kappa shape index (κ2) is 9.00. The van der Waals surface area contributed by atoms with Crippen molar-refractivity contribution in [2.45, 2.75) is 0 Å². The lowest BCUT2D eigenvalue weighted by atomic mass is 10.3. The van der Waals surface area contributed by atoms with Crippen molar-refractivity contribution in [2.75, 3.05) is 11.9 Å². The molecular formula is C20H14Cl3NO3. The van der Waals surface area contributed by atoms with Gasteiger partial charge in [-0.1, -0.05) is 53.0 Å². The van der Waals surface area contributed by atoms with Crippen LogP contribution in [0.3, 0.4) is 0 Å². The Labute approximate surface area is 171 Å². The molecule has 0 atom stereocenters. The van der Waals surface area contributed by atoms with Gasteiger partial charge in [0.05, 0.1) is 10.0 Å². The zero-order valence-corrected chi connectivity index (χ0v) is 16.2. The summed E-state index contributed by atoms with van der Waals surface area (Å²) in [6.45, 7) is -0.247. The lowest BCUT2D eigenvalue weighted by molar-refractivity contribution is -0.118. The Morgan fingerprint density at radius 3 is 2.07 bits per heavy atom. The van der Waals surface area contributed by atoms with Crippen LogP contribution in [0.2, 0.25) is 15.1 Å². The number of amides is 1. The summed E-state index contributed by atoms with van der Waals surface area (Å²) < 4.78 is 11.1. The molecule has 27 heavy (non-hydrogen) atoms. The molecule has 138 valence electrons. The smallest absolute Gasteiger partial charge is 0.262 e. The highest BCUT2D eigenvalue weighted by Gasteiger charge is 2.11. The first-order valence-electron chi connectivity index (χ1n) is 7.91. The number of carbonyl (C=O) groups is 1. The van der Waals surface area contributed by atoms with Crippen LogP contribution in [-0.2, 0) is 4.79 Å². The summed E-state index contributed by atoms with van der Waals surface area (Å²) in [7, 11) is 0. The minimum Gasteiger partial charge on any atom is -0.481 e. The molecule has 1 amide bonds. The Morgan fingerprint density at radius 2 is 1.44 bits per heavy atom. The van der Waals surface area contributed by atoms with Crippen molar-refractivity contribution in [3.8, 4) is 17.2 Å². The number of halogens is 3. The lowest BCUT2D eigenvalue weighted by Gasteiger charge is -2.11. The number of para-hydroxylation sites is 1. The van der Waals surface area contributed by atoms with E-state index in [0.717, 1.165) is 5.75 Å². The number of carbonyl (C=O) groups excluding carboxylic acids is 1. The molecule has 0 aliphatic heterocycles. The average Bonchev–Trinajstić information content (AvgIpc) is 2.63. The van der Waals surface area contributed by atoms with E-state index in [1.807, 2.05) is 30.3 Å². The van der Waals surface area contributed by atoms with Crippen molar-refractivity contribution in [2.24, 2.45) is 0 Å². The third-order valence-corrected chi connectivity index (χ3v) is 4.21. The van der Waals surface area contributed by atoms with Crippen molar-refractivity contribution in [3.05, 3.63) is 81.8 Å². The molecule has 1 N–H and O–H groups in total. The van der Waals surface area contributed by atoms with Gasteiger partial charge in [-0.15, -0.1) is 0 Å². The van der Waals surface area contributed by atoms with Gasteiger partial charge in [-0.2, -0.15) is 0 Å². The van der Waals surface area contributed by atoms with Gasteiger partial charge in [-0.05, 0) is 48.5 Å². The highest BCUT2D eigenvalue weighted by atomic mass is 35.5. The Balaban J connectivity index is 1.55. The van der Waals surface area contributed by atoms with Gasteiger partial charge in [0.1, 0.15) is 11.5 Å². The lowest BCUT2D eigenvalue weighted by Crippen LogP contribution is -2.20. The Morgan fingerprint density at radius 1 is 0.852 bits per heavy atom. The maximum Gasteiger partial charge on any atom is 0.262 e. The maximum atomic E-state index is 12.1. The minimum atomic E-state index is -0.353. The summed E-state index contributed by atoms with van der Waals surface area (Å²) in [6.07, 6.45) is 0. The largest absolute Gasteiger partial charge is 0.481 e. The molecule has 0 saturated carbocycles. The predicted molar refractivity (Wildman–Crippen MR) is 109 cm³/mol. The van der Waals surface area contributed by atoms with E-state index in [4.69, 9.17) is 44.3 Å². The van der Waals surface area contributed by atoms with E-state index in [1.165, 1.54) is 12.1 Å². The number of hydrogen-bond donors (Lipinski definition) is 1. The van der Waals surface area contributed by atoms with Gasteiger partial charge in [0.15, 0.2) is 12.4 Å². The molecule has 0 aliphatic rings. The van der Waals surface area contributed by atoms with Crippen molar-refractivity contribution in [3.63, 3.8) is 0 Å². The highest BCUT2D eigenvalue weighted by Crippen LogP contribution is 2.35. The van der Waals surface area contributed by atoms with Crippen molar-refractivity contribution in [1.29, 1.82) is 0 Å². The number of ether oxygens (including phenoxy) is 2. The number of benzene rings is 3. The van der Waals surface area contributed by atoms with Crippen LogP contribution in [0, 0.1) is 0 Å². The molecule has 0 heterocycles. The quantitative estimate of drug-likeness (QED) is 0.496. The Bertz CT molecular complexity index is 908. The fourth-order valence-corrected chi connectivity index (χ4v) is 3.16. The summed E-state index contributed by atoms with van der Waals surface area (Å²) >= 11 is 17.9. The topological polar surface area (TPSA) is 47.6 Å². The monoisotopic (exact) mass is 421 g/mol. The number of anilines is 1. The third-order valence-electron chi connectivity index (χ3n) is 3.43. The molecule has 0 unspecified atom stereocenters. The Hall–Kier alpha value is -2.40. The van der Waals surface area contributed by atoms with Crippen molar-refractivity contribution in [1.82, 2.24) is 0 Å². The fraction of sp³-hybridized carbons (Fsp3) is 0.0500. The molecule has 4 nitrogen and oxygen atoms in total. The molecule has 0 radical (unpaired) electrons. The van der Waals surface area contributed by atoms with Gasteiger partial charge in [-0.25, -0.2) is 0 Å². The zero-order valence-electron chi connectivity index (χ0n) is 13.9. The molecular weight excluding hydrogens is 409 g/mol. The number of nitrogens with one attached hydrogen (secondary N) is 1. The predicted octanol–water partition coefficient (Wildman–Crippen LogP) is 6.46. The second-order valence-electron chi connectivity index (χ2n) is 5.47. The van der Waals surface area contributed by atoms with Crippen LogP contribution in [-0.4, -0.2) is 12.5 Å². The number of rotatable bonds is 6. The molecule has 7 heteroatoms. The average molecular weight is 423 g/mol. The van der Waals surface area contributed by atoms with Crippen molar-refractivity contribution >= 4 is 46.4 Å². The van der Waals surface area contributed by atoms with E-state index in [1.54, 1.807) is 24.3 Å². The summed E-state index contributed by atoms with van der Waals surface area (Å²) in [5.41, 5.74) is 0.609. The van der Waals surface area contributed by atoms with Gasteiger partial charge in [-0.3, -0.25) is 4.79 Å². The first-order chi connectivity index (χ1) is 13.0. The molecule has 0 spiro atoms. The van der Waals surface area contributed by atoms with Gasteiger partial charge in [0.2, 0.25) is 0 Å². The molecule has 3 rings (SSSR count). The summed E-state index contributed by atoms with van der Waals surface area (Å²) in [6, 6.07) is 19.4. The molecule has 0 aromatic heterocycles. The van der Waals surface area contributed by atoms with Crippen LogP contribution in [0.1, 0.15) is 0 Å². The molecule has 0 saturated heterocycles. The van der Waals surface area contributed by atoms with Crippen LogP contribution in [0.5, 0.6) is 17.2 Å². The van der Waals surface area contributed by atoms with E-state index in [-0.39, 0.29) is 28.3 Å². The zero-order chi connectivity index (χ0) is 19.2. The first-order valence-corrected chi connectivity index (χ1v) is 9.05. The standard InChI is InChI=1S/C20H14Cl3NO3/c21-13-10-17(22)20(18(23)11-13)26-12-19(25)24-14-6-8-16(9-7-14)27-15-4-2-1-3-5-15/h1-11H,12H2,(H,24,25). The van der Waals surface area contributed by atoms with Crippen LogP contribution >= 0.6 is 34.8 Å². The van der Waals surface area contributed by atoms with Crippen LogP contribution < -0.4 is 14.8 Å². The molecule has 0 fully saturated rings. The summed E-state index contributed by atoms with van der Waals surface area (Å²) in [4.78, 5) is 12.1. The van der Waals surface area contributed by atoms with Crippen molar-refractivity contribution < 1.29 is 14.3 Å². The SMILES string of the molecule is O=C(COc1c(Cl)cc(Cl)cc1Cl)Nc1ccc(Oc2ccccc2)cc1. The third kappa shape index (κ3) is 5.54. The van der Waals surface area contributed by atoms with Crippen LogP contribution in [0.25, 0.3) is 0 Å². The highest BCUT2D eigenvalue weighted by molar-refractivity contribution is 6.40. The summed E-state index contributed by atoms with van der Waals surface area (Å²) in [5.74, 6) is 1.26. The number of hydrogen-bond acceptors (Lipinski definition) is 3. The van der Waals surface area contributed by atoms with Gasteiger partial charge < -0.3 is 14.8 Å². The summed E-state index contributed by atoms with van der Waals surface area (Å²) in [5, 5.41) is 3.59. The van der Waals surface area contributed by atoms with E-state index in [0.29, 0.717) is 16.5 Å². The normalized spacial score (nSPS) is 10.3. The fourth-order valence-electron chi connectivity index (χ4n) is 2.23. The van der Waals surface area contributed by atoms with Gasteiger partial charge in [0.25, 0.3) is 5.91 Å². The van der Waals surface area contributed by atoms with Crippen LogP contribution in [0.15, 0.2) is 66.7 Å². The van der Waals surface area contributed by atoms with E-state index in [2.05, 4.69) is 5.32 Å². The first kappa shape index (κ1) is 19.4. The minimum absolute atomic E-state index is 0.212. The van der Waals surface area contributed by atoms with Gasteiger partial charge in [0, 0.05) is 10.7 Å². The van der Waals surface area contributed by atoms with Gasteiger partial charge >= 0.3 is 0 Å². The second-order valence-corrected chi connectivity index (χ2v) is 6.73. The van der Waals surface area contributed by atoms with E-state index < -0.39 is 0 Å². The molecule has 0 aliphatic carbocycles. The van der Waals surface area contributed by atoms with E-state index >= 15 is 0 Å². The van der Waals surface area contributed by atoms with E-state index in [9.17, 15) is 4.79 Å². The molecule has 0 bridgehead atoms.